The minimum atomic E-state index is -0.702. The van der Waals surface area contributed by atoms with Crippen LogP contribution in [0.1, 0.15) is 0 Å². The molecular weight excluding hydrogens is 287 g/mol. The number of benzene rings is 2. The maximum Gasteiger partial charge on any atom is 0.234 e. The predicted octanol–water partition coefficient (Wildman–Crippen LogP) is 3.83. The van der Waals surface area contributed by atoms with Crippen molar-refractivity contribution in [3.8, 4) is 0 Å². The molecule has 104 valence electrons. The largest absolute Gasteiger partial charge is 0.323 e. The number of thioether (sulfide) groups is 1. The molecule has 0 aliphatic carbocycles. The molecule has 0 atom stereocenters. The fourth-order valence-corrected chi connectivity index (χ4v) is 2.16. The third-order valence-corrected chi connectivity index (χ3v) is 3.40. The van der Waals surface area contributed by atoms with Gasteiger partial charge in [-0.15, -0.1) is 11.8 Å². The highest BCUT2D eigenvalue weighted by molar-refractivity contribution is 8.00. The highest BCUT2D eigenvalue weighted by atomic mass is 32.2. The summed E-state index contributed by atoms with van der Waals surface area (Å²) in [6, 6.07) is 8.47. The van der Waals surface area contributed by atoms with Gasteiger partial charge >= 0.3 is 0 Å². The lowest BCUT2D eigenvalue weighted by Crippen LogP contribution is -2.15. The Morgan fingerprint density at radius 2 is 1.65 bits per heavy atom. The smallest absolute Gasteiger partial charge is 0.234 e. The molecule has 0 heterocycles. The molecule has 0 saturated heterocycles. The zero-order chi connectivity index (χ0) is 14.5. The molecular formula is C14H10F3NOS. The summed E-state index contributed by atoms with van der Waals surface area (Å²) in [6.07, 6.45) is 0. The summed E-state index contributed by atoms with van der Waals surface area (Å²) in [5, 5.41) is 2.28. The first-order valence-corrected chi connectivity index (χ1v) is 6.66. The Labute approximate surface area is 118 Å². The molecule has 2 nitrogen and oxygen atoms in total. The summed E-state index contributed by atoms with van der Waals surface area (Å²) >= 11 is 1.17. The minimum absolute atomic E-state index is 0.0155. The summed E-state index contributed by atoms with van der Waals surface area (Å²) in [7, 11) is 0. The monoisotopic (exact) mass is 297 g/mol. The lowest BCUT2D eigenvalue weighted by molar-refractivity contribution is -0.113. The molecule has 0 radical (unpaired) electrons. The van der Waals surface area contributed by atoms with Crippen molar-refractivity contribution in [3.05, 3.63) is 59.9 Å². The molecule has 0 saturated carbocycles. The van der Waals surface area contributed by atoms with Crippen LogP contribution in [0, 0.1) is 17.5 Å². The molecule has 0 aliphatic heterocycles. The van der Waals surface area contributed by atoms with Gasteiger partial charge in [0, 0.05) is 11.0 Å². The van der Waals surface area contributed by atoms with Crippen LogP contribution in [0.4, 0.5) is 18.9 Å². The average molecular weight is 297 g/mol. The molecule has 1 amide bonds. The first kappa shape index (κ1) is 14.5. The van der Waals surface area contributed by atoms with E-state index < -0.39 is 17.5 Å². The third kappa shape index (κ3) is 4.03. The second-order valence-corrected chi connectivity index (χ2v) is 4.96. The Morgan fingerprint density at radius 1 is 1.00 bits per heavy atom. The Balaban J connectivity index is 1.92. The van der Waals surface area contributed by atoms with Crippen LogP contribution in [0.5, 0.6) is 0 Å². The van der Waals surface area contributed by atoms with E-state index in [2.05, 4.69) is 5.32 Å². The fraction of sp³-hybridized carbons (Fsp3) is 0.0714. The Bertz CT molecular complexity index is 616. The molecule has 0 unspecified atom stereocenters. The number of amides is 1. The molecule has 0 aliphatic rings. The van der Waals surface area contributed by atoms with Gasteiger partial charge in [-0.05, 0) is 36.4 Å². The van der Waals surface area contributed by atoms with Crippen molar-refractivity contribution in [2.75, 3.05) is 11.1 Å². The average Bonchev–Trinajstić information content (AvgIpc) is 2.42. The van der Waals surface area contributed by atoms with E-state index in [0.29, 0.717) is 4.90 Å². The molecule has 0 aromatic heterocycles. The number of hydrogen-bond acceptors (Lipinski definition) is 2. The van der Waals surface area contributed by atoms with Gasteiger partial charge in [0.1, 0.15) is 17.5 Å². The second kappa shape index (κ2) is 6.47. The van der Waals surface area contributed by atoms with E-state index in [9.17, 15) is 18.0 Å². The second-order valence-electron chi connectivity index (χ2n) is 3.91. The number of halogens is 3. The summed E-state index contributed by atoms with van der Waals surface area (Å²) in [5.41, 5.74) is -0.199. The topological polar surface area (TPSA) is 29.1 Å². The lowest BCUT2D eigenvalue weighted by atomic mass is 10.3. The quantitative estimate of drug-likeness (QED) is 0.869. The number of carbonyl (C=O) groups is 1. The van der Waals surface area contributed by atoms with Gasteiger partial charge in [-0.25, -0.2) is 13.2 Å². The summed E-state index contributed by atoms with van der Waals surface area (Å²) in [6.45, 7) is 0. The minimum Gasteiger partial charge on any atom is -0.323 e. The van der Waals surface area contributed by atoms with Crippen LogP contribution in [0.25, 0.3) is 0 Å². The van der Waals surface area contributed by atoms with Crippen molar-refractivity contribution < 1.29 is 18.0 Å². The molecule has 6 heteroatoms. The molecule has 2 aromatic rings. The van der Waals surface area contributed by atoms with E-state index in [-0.39, 0.29) is 17.3 Å². The Morgan fingerprint density at radius 3 is 2.35 bits per heavy atom. The molecule has 2 aromatic carbocycles. The van der Waals surface area contributed by atoms with Gasteiger partial charge in [0.05, 0.1) is 11.4 Å². The first-order valence-electron chi connectivity index (χ1n) is 5.68. The van der Waals surface area contributed by atoms with Gasteiger partial charge in [0.2, 0.25) is 5.91 Å². The molecule has 0 fully saturated rings. The van der Waals surface area contributed by atoms with E-state index in [1.165, 1.54) is 36.0 Å². The predicted molar refractivity (Wildman–Crippen MR) is 72.1 cm³/mol. The molecule has 20 heavy (non-hydrogen) atoms. The van der Waals surface area contributed by atoms with Crippen LogP contribution in [-0.2, 0) is 4.79 Å². The number of nitrogens with one attached hydrogen (secondary N) is 1. The van der Waals surface area contributed by atoms with Gasteiger partial charge in [0.25, 0.3) is 0 Å². The van der Waals surface area contributed by atoms with Crippen LogP contribution in [0.3, 0.4) is 0 Å². The van der Waals surface area contributed by atoms with Crippen LogP contribution in [-0.4, -0.2) is 11.7 Å². The van der Waals surface area contributed by atoms with Gasteiger partial charge in [-0.3, -0.25) is 4.79 Å². The molecule has 0 bridgehead atoms. The van der Waals surface area contributed by atoms with Crippen molar-refractivity contribution in [1.29, 1.82) is 0 Å². The van der Waals surface area contributed by atoms with Crippen molar-refractivity contribution >= 4 is 23.4 Å². The van der Waals surface area contributed by atoms with Crippen molar-refractivity contribution in [2.45, 2.75) is 4.90 Å². The molecule has 2 rings (SSSR count). The van der Waals surface area contributed by atoms with E-state index in [0.717, 1.165) is 18.2 Å². The van der Waals surface area contributed by atoms with Crippen molar-refractivity contribution in [1.82, 2.24) is 0 Å². The third-order valence-electron chi connectivity index (χ3n) is 2.39. The van der Waals surface area contributed by atoms with Crippen LogP contribution in [0.15, 0.2) is 47.4 Å². The zero-order valence-corrected chi connectivity index (χ0v) is 11.0. The highest BCUT2D eigenvalue weighted by Crippen LogP contribution is 2.19. The number of hydrogen-bond donors (Lipinski definition) is 1. The van der Waals surface area contributed by atoms with Crippen molar-refractivity contribution in [3.63, 3.8) is 0 Å². The van der Waals surface area contributed by atoms with Crippen LogP contribution < -0.4 is 5.32 Å². The van der Waals surface area contributed by atoms with Gasteiger partial charge in [-0.1, -0.05) is 0 Å². The standard InChI is InChI=1S/C14H10F3NOS/c15-9-1-4-11(5-2-9)20-8-14(19)18-13-7-10(16)3-6-12(13)17/h1-7H,8H2,(H,18,19). The van der Waals surface area contributed by atoms with Crippen LogP contribution >= 0.6 is 11.8 Å². The van der Waals surface area contributed by atoms with Crippen molar-refractivity contribution in [2.24, 2.45) is 0 Å². The van der Waals surface area contributed by atoms with Gasteiger partial charge < -0.3 is 5.32 Å². The van der Waals surface area contributed by atoms with Gasteiger partial charge in [0.15, 0.2) is 0 Å². The van der Waals surface area contributed by atoms with E-state index >= 15 is 0 Å². The zero-order valence-electron chi connectivity index (χ0n) is 10.2. The molecule has 0 spiro atoms. The maximum absolute atomic E-state index is 13.3. The van der Waals surface area contributed by atoms with Crippen LogP contribution in [0.2, 0.25) is 0 Å². The summed E-state index contributed by atoms with van der Waals surface area (Å²) in [5.74, 6) is -2.15. The Hall–Kier alpha value is -1.95. The number of carbonyl (C=O) groups excluding carboxylic acids is 1. The Kier molecular flexibility index (Phi) is 4.68. The van der Waals surface area contributed by atoms with E-state index in [1.54, 1.807) is 0 Å². The highest BCUT2D eigenvalue weighted by Gasteiger charge is 2.08. The van der Waals surface area contributed by atoms with Gasteiger partial charge in [-0.2, -0.15) is 0 Å². The number of anilines is 1. The number of rotatable bonds is 4. The first-order chi connectivity index (χ1) is 9.54. The molecule has 1 N–H and O–H groups in total. The normalized spacial score (nSPS) is 10.3. The lowest BCUT2D eigenvalue weighted by Gasteiger charge is -2.06. The summed E-state index contributed by atoms with van der Waals surface area (Å²) < 4.78 is 38.9. The summed E-state index contributed by atoms with van der Waals surface area (Å²) in [4.78, 5) is 12.3. The maximum atomic E-state index is 13.3. The van der Waals surface area contributed by atoms with E-state index in [1.807, 2.05) is 0 Å². The SMILES string of the molecule is O=C(CSc1ccc(F)cc1)Nc1cc(F)ccc1F. The van der Waals surface area contributed by atoms with E-state index in [4.69, 9.17) is 0 Å². The fourth-order valence-electron chi connectivity index (χ4n) is 1.46.